The zero-order valence-corrected chi connectivity index (χ0v) is 14.1. The van der Waals surface area contributed by atoms with E-state index in [2.05, 4.69) is 56.2 Å². The van der Waals surface area contributed by atoms with Crippen LogP contribution in [0.3, 0.4) is 0 Å². The molecule has 2 heterocycles. The molecule has 1 nitrogen and oxygen atoms in total. The predicted molar refractivity (Wildman–Crippen MR) is 90.9 cm³/mol. The first-order valence-electron chi connectivity index (χ1n) is 8.39. The molecule has 1 saturated carbocycles. The molecule has 0 aromatic heterocycles. The van der Waals surface area contributed by atoms with E-state index in [1.54, 1.807) is 0 Å². The summed E-state index contributed by atoms with van der Waals surface area (Å²) in [6.45, 7) is 9.52. The summed E-state index contributed by atoms with van der Waals surface area (Å²) >= 11 is 0. The molecule has 2 saturated heterocycles. The van der Waals surface area contributed by atoms with Crippen molar-refractivity contribution >= 4 is 0 Å². The average Bonchev–Trinajstić information content (AvgIpc) is 2.48. The van der Waals surface area contributed by atoms with Crippen molar-refractivity contribution in [3.05, 3.63) is 36.0 Å². The normalized spacial score (nSPS) is 30.9. The van der Waals surface area contributed by atoms with E-state index in [9.17, 15) is 0 Å². The molecule has 2 bridgehead atoms. The van der Waals surface area contributed by atoms with Crippen molar-refractivity contribution in [2.75, 3.05) is 13.6 Å². The van der Waals surface area contributed by atoms with Gasteiger partial charge in [0.05, 0.1) is 0 Å². The Bertz CT molecular complexity index is 351. The third-order valence-electron chi connectivity index (χ3n) is 4.64. The van der Waals surface area contributed by atoms with Gasteiger partial charge in [-0.1, -0.05) is 44.2 Å². The van der Waals surface area contributed by atoms with E-state index in [1.165, 1.54) is 37.8 Å². The van der Waals surface area contributed by atoms with Gasteiger partial charge in [-0.25, -0.2) is 0 Å². The molecule has 3 aliphatic rings. The number of rotatable bonds is 4. The van der Waals surface area contributed by atoms with Crippen molar-refractivity contribution < 1.29 is 0 Å². The van der Waals surface area contributed by atoms with E-state index in [4.69, 9.17) is 0 Å². The van der Waals surface area contributed by atoms with Gasteiger partial charge in [0.1, 0.15) is 0 Å². The highest BCUT2D eigenvalue weighted by atomic mass is 15.1. The van der Waals surface area contributed by atoms with Gasteiger partial charge in [-0.3, -0.25) is 0 Å². The van der Waals surface area contributed by atoms with E-state index in [-0.39, 0.29) is 0 Å². The molecule has 3 rings (SSSR count). The molecule has 20 heavy (non-hydrogen) atoms. The van der Waals surface area contributed by atoms with Crippen LogP contribution < -0.4 is 0 Å². The predicted octanol–water partition coefficient (Wildman–Crippen LogP) is 5.21. The summed E-state index contributed by atoms with van der Waals surface area (Å²) in [4.78, 5) is 2.58. The maximum atomic E-state index is 2.58. The summed E-state index contributed by atoms with van der Waals surface area (Å²) in [7, 11) is 2.30. The lowest BCUT2D eigenvalue weighted by atomic mass is 9.70. The minimum Gasteiger partial charge on any atom is -0.303 e. The van der Waals surface area contributed by atoms with Gasteiger partial charge in [0.25, 0.3) is 0 Å². The highest BCUT2D eigenvalue weighted by Crippen LogP contribution is 2.41. The van der Waals surface area contributed by atoms with Crippen molar-refractivity contribution in [3.8, 4) is 0 Å². The van der Waals surface area contributed by atoms with Crippen LogP contribution in [0.5, 0.6) is 0 Å². The van der Waals surface area contributed by atoms with Gasteiger partial charge in [0, 0.05) is 12.6 Å². The van der Waals surface area contributed by atoms with Gasteiger partial charge >= 0.3 is 0 Å². The fourth-order valence-electron chi connectivity index (χ4n) is 3.64. The van der Waals surface area contributed by atoms with Gasteiger partial charge in [0.2, 0.25) is 0 Å². The highest BCUT2D eigenvalue weighted by molar-refractivity contribution is 5.24. The lowest BCUT2D eigenvalue weighted by Gasteiger charge is -2.48. The summed E-state index contributed by atoms with van der Waals surface area (Å²) in [6, 6.07) is 0.855. The Hall–Kier alpha value is -0.820. The van der Waals surface area contributed by atoms with Gasteiger partial charge in [-0.2, -0.15) is 0 Å². The Kier molecular flexibility index (Phi) is 7.91. The van der Waals surface area contributed by atoms with Crippen molar-refractivity contribution in [2.24, 2.45) is 11.8 Å². The largest absolute Gasteiger partial charge is 0.303 e. The molecule has 3 fully saturated rings. The second-order valence-electron chi connectivity index (χ2n) is 5.90. The number of nitrogens with zero attached hydrogens (tertiary/aromatic N) is 1. The lowest BCUT2D eigenvalue weighted by Crippen LogP contribution is -2.49. The average molecular weight is 275 g/mol. The molecule has 3 atom stereocenters. The SMILES string of the molecule is CC.C\C=C/C=C(\C=C/C)CC1CC2CCC1CN2C. The number of hydrogen-bond donors (Lipinski definition) is 0. The third-order valence-corrected chi connectivity index (χ3v) is 4.64. The maximum Gasteiger partial charge on any atom is 0.00953 e. The first-order chi connectivity index (χ1) is 9.74. The Balaban J connectivity index is 0.000000956. The fraction of sp³-hybridized carbons (Fsp3) is 0.684. The Morgan fingerprint density at radius 3 is 2.40 bits per heavy atom. The Morgan fingerprint density at radius 2 is 1.90 bits per heavy atom. The molecule has 114 valence electrons. The first-order valence-corrected chi connectivity index (χ1v) is 8.39. The van der Waals surface area contributed by atoms with Gasteiger partial charge in [0.15, 0.2) is 0 Å². The summed E-state index contributed by atoms with van der Waals surface area (Å²) in [5.41, 5.74) is 1.50. The number of piperidine rings is 2. The Labute approximate surface area is 126 Å². The van der Waals surface area contributed by atoms with Crippen LogP contribution in [0, 0.1) is 11.8 Å². The third kappa shape index (κ3) is 4.63. The number of fused-ring (bicyclic) bond motifs is 3. The van der Waals surface area contributed by atoms with E-state index in [0.717, 1.165) is 17.9 Å². The standard InChI is InChI=1S/C17H27N.C2H6/c1-4-6-8-14(7-5-2)11-16-12-17-10-9-15(16)13-18(17)3;1-2/h4-8,15-17H,9-13H2,1-3H3;1-2H3/b6-4-,7-5-,14-8+;. The smallest absolute Gasteiger partial charge is 0.00953 e. The van der Waals surface area contributed by atoms with Crippen LogP contribution >= 0.6 is 0 Å². The van der Waals surface area contributed by atoms with Crippen LogP contribution in [0.25, 0.3) is 0 Å². The van der Waals surface area contributed by atoms with Gasteiger partial charge in [-0.05, 0) is 64.0 Å². The Morgan fingerprint density at radius 1 is 1.15 bits per heavy atom. The molecule has 1 aliphatic carbocycles. The monoisotopic (exact) mass is 275 g/mol. The van der Waals surface area contributed by atoms with Crippen molar-refractivity contribution in [1.29, 1.82) is 0 Å². The molecular formula is C19H33N. The van der Waals surface area contributed by atoms with Crippen LogP contribution in [0.2, 0.25) is 0 Å². The van der Waals surface area contributed by atoms with Crippen molar-refractivity contribution in [3.63, 3.8) is 0 Å². The minimum atomic E-state index is 0.855. The molecule has 2 aliphatic heterocycles. The molecule has 0 spiro atoms. The van der Waals surface area contributed by atoms with E-state index in [0.29, 0.717) is 0 Å². The highest BCUT2D eigenvalue weighted by Gasteiger charge is 2.38. The van der Waals surface area contributed by atoms with Gasteiger partial charge in [-0.15, -0.1) is 0 Å². The van der Waals surface area contributed by atoms with Crippen molar-refractivity contribution in [2.45, 2.75) is 59.4 Å². The molecule has 0 aromatic carbocycles. The fourth-order valence-corrected chi connectivity index (χ4v) is 3.64. The molecule has 1 heteroatoms. The first kappa shape index (κ1) is 17.2. The van der Waals surface area contributed by atoms with Crippen LogP contribution in [0.1, 0.15) is 53.4 Å². The molecule has 0 amide bonds. The number of hydrogen-bond acceptors (Lipinski definition) is 1. The molecule has 0 aromatic rings. The van der Waals surface area contributed by atoms with E-state index >= 15 is 0 Å². The zero-order valence-electron chi connectivity index (χ0n) is 14.1. The second kappa shape index (κ2) is 9.18. The van der Waals surface area contributed by atoms with Crippen LogP contribution in [-0.4, -0.2) is 24.5 Å². The van der Waals surface area contributed by atoms with Crippen LogP contribution in [0.15, 0.2) is 36.0 Å². The van der Waals surface area contributed by atoms with Crippen molar-refractivity contribution in [1.82, 2.24) is 4.90 Å². The molecule has 0 N–H and O–H groups in total. The zero-order chi connectivity index (χ0) is 15.0. The van der Waals surface area contributed by atoms with E-state index in [1.807, 2.05) is 13.8 Å². The maximum absolute atomic E-state index is 2.58. The summed E-state index contributed by atoms with van der Waals surface area (Å²) in [6.07, 6.45) is 16.6. The summed E-state index contributed by atoms with van der Waals surface area (Å²) in [5, 5.41) is 0. The lowest BCUT2D eigenvalue weighted by molar-refractivity contribution is 0.0239. The summed E-state index contributed by atoms with van der Waals surface area (Å²) in [5.74, 6) is 1.84. The second-order valence-corrected chi connectivity index (χ2v) is 5.90. The minimum absolute atomic E-state index is 0.855. The van der Waals surface area contributed by atoms with Crippen LogP contribution in [-0.2, 0) is 0 Å². The van der Waals surface area contributed by atoms with E-state index < -0.39 is 0 Å². The van der Waals surface area contributed by atoms with Crippen LogP contribution in [0.4, 0.5) is 0 Å². The number of allylic oxidation sites excluding steroid dienone is 6. The summed E-state index contributed by atoms with van der Waals surface area (Å²) < 4.78 is 0. The topological polar surface area (TPSA) is 3.24 Å². The quantitative estimate of drug-likeness (QED) is 0.636. The molecule has 0 radical (unpaired) electrons. The van der Waals surface area contributed by atoms with Gasteiger partial charge < -0.3 is 4.90 Å². The molecule has 3 unspecified atom stereocenters. The molecular weight excluding hydrogens is 242 g/mol.